The van der Waals surface area contributed by atoms with Crippen LogP contribution >= 0.6 is 11.8 Å². The number of hydrogen-bond donors (Lipinski definition) is 0. The van der Waals surface area contributed by atoms with E-state index in [1.807, 2.05) is 12.1 Å². The number of benzene rings is 2. The van der Waals surface area contributed by atoms with Crippen LogP contribution in [0.25, 0.3) is 11.1 Å². The number of hydrogen-bond acceptors (Lipinski definition) is 8. The molecule has 3 aromatic rings. The first-order valence-corrected chi connectivity index (χ1v) is 9.25. The quantitative estimate of drug-likeness (QED) is 0.290. The van der Waals surface area contributed by atoms with Crippen LogP contribution in [0.4, 0.5) is 8.78 Å². The second-order valence-electron chi connectivity index (χ2n) is 5.56. The van der Waals surface area contributed by atoms with Crippen molar-refractivity contribution in [1.29, 1.82) is 0 Å². The number of aromatic nitrogens is 1. The molecule has 0 aliphatic heterocycles. The molecule has 1 heterocycles. The number of nitrogens with zero attached hydrogens (tertiary/aromatic N) is 1. The summed E-state index contributed by atoms with van der Waals surface area (Å²) >= 11 is 1.04. The van der Waals surface area contributed by atoms with E-state index in [0.717, 1.165) is 11.8 Å². The molecular weight excluding hydrogens is 408 g/mol. The van der Waals surface area contributed by atoms with Gasteiger partial charge in [0.25, 0.3) is 5.22 Å². The van der Waals surface area contributed by atoms with Gasteiger partial charge in [0.05, 0.1) is 7.11 Å². The molecule has 2 aromatic carbocycles. The number of halogens is 2. The summed E-state index contributed by atoms with van der Waals surface area (Å²) in [4.78, 5) is 28.3. The Morgan fingerprint density at radius 2 is 1.97 bits per heavy atom. The van der Waals surface area contributed by atoms with Crippen molar-refractivity contribution in [2.24, 2.45) is 0 Å². The third kappa shape index (κ3) is 5.44. The second-order valence-corrected chi connectivity index (χ2v) is 6.49. The first-order chi connectivity index (χ1) is 14.0. The monoisotopic (exact) mass is 423 g/mol. The predicted octanol–water partition coefficient (Wildman–Crippen LogP) is 3.96. The van der Waals surface area contributed by atoms with E-state index >= 15 is 0 Å². The number of oxazole rings is 1. The Balaban J connectivity index is 1.52. The third-order valence-corrected chi connectivity index (χ3v) is 4.46. The van der Waals surface area contributed by atoms with Gasteiger partial charge in [-0.15, -0.1) is 0 Å². The highest BCUT2D eigenvalue weighted by Crippen LogP contribution is 2.29. The van der Waals surface area contributed by atoms with E-state index < -0.39 is 25.0 Å². The number of ether oxygens (including phenoxy) is 3. The van der Waals surface area contributed by atoms with Crippen LogP contribution in [0, 0.1) is 0 Å². The molecule has 29 heavy (non-hydrogen) atoms. The molecular formula is C19H15F2NO6S. The summed E-state index contributed by atoms with van der Waals surface area (Å²) in [6, 6.07) is 10.9. The van der Waals surface area contributed by atoms with Gasteiger partial charge in [-0.1, -0.05) is 23.9 Å². The van der Waals surface area contributed by atoms with Gasteiger partial charge in [-0.25, -0.2) is 4.98 Å². The van der Waals surface area contributed by atoms with Crippen LogP contribution in [0.5, 0.6) is 11.5 Å². The Kier molecular flexibility index (Phi) is 6.65. The van der Waals surface area contributed by atoms with E-state index in [2.05, 4.69) is 9.72 Å². The first kappa shape index (κ1) is 20.6. The van der Waals surface area contributed by atoms with Gasteiger partial charge < -0.3 is 18.6 Å². The maximum atomic E-state index is 12.3. The van der Waals surface area contributed by atoms with Crippen molar-refractivity contribution < 1.29 is 37.0 Å². The fourth-order valence-electron chi connectivity index (χ4n) is 2.34. The van der Waals surface area contributed by atoms with E-state index in [1.165, 1.54) is 25.3 Å². The van der Waals surface area contributed by atoms with Crippen molar-refractivity contribution in [2.75, 3.05) is 19.5 Å². The Morgan fingerprint density at radius 1 is 1.17 bits per heavy atom. The number of esters is 1. The highest BCUT2D eigenvalue weighted by Gasteiger charge is 2.16. The smallest absolute Gasteiger partial charge is 0.387 e. The number of thioether (sulfide) groups is 1. The van der Waals surface area contributed by atoms with Crippen LogP contribution < -0.4 is 9.47 Å². The van der Waals surface area contributed by atoms with Gasteiger partial charge >= 0.3 is 12.6 Å². The van der Waals surface area contributed by atoms with Crippen molar-refractivity contribution in [2.45, 2.75) is 11.8 Å². The minimum absolute atomic E-state index is 0.0333. The maximum Gasteiger partial charge on any atom is 0.387 e. The molecule has 0 saturated carbocycles. The Hall–Kier alpha value is -3.14. The van der Waals surface area contributed by atoms with E-state index in [9.17, 15) is 18.4 Å². The molecule has 7 nitrogen and oxygen atoms in total. The zero-order chi connectivity index (χ0) is 20.8. The standard InChI is InChI=1S/C19H15F2NO6S/c1-25-16-8-11(6-7-15(16)27-18(20)21)13(23)9-26-17(24)10-29-19-22-12-4-2-3-5-14(12)28-19/h2-8,18H,9-10H2,1H3. The van der Waals surface area contributed by atoms with Gasteiger partial charge in [0, 0.05) is 5.56 Å². The predicted molar refractivity (Wildman–Crippen MR) is 99.6 cm³/mol. The van der Waals surface area contributed by atoms with Gasteiger partial charge in [0.2, 0.25) is 0 Å². The molecule has 0 amide bonds. The summed E-state index contributed by atoms with van der Waals surface area (Å²) in [6.45, 7) is -3.53. The third-order valence-electron chi connectivity index (χ3n) is 3.65. The van der Waals surface area contributed by atoms with Crippen LogP contribution in [-0.2, 0) is 9.53 Å². The van der Waals surface area contributed by atoms with E-state index in [-0.39, 0.29) is 22.8 Å². The van der Waals surface area contributed by atoms with Crippen molar-refractivity contribution >= 4 is 34.6 Å². The molecule has 0 aliphatic rings. The zero-order valence-electron chi connectivity index (χ0n) is 15.1. The van der Waals surface area contributed by atoms with Gasteiger partial charge in [-0.2, -0.15) is 8.78 Å². The average molecular weight is 423 g/mol. The molecule has 1 aromatic heterocycles. The lowest BCUT2D eigenvalue weighted by atomic mass is 10.1. The van der Waals surface area contributed by atoms with Crippen LogP contribution in [0.15, 0.2) is 52.1 Å². The van der Waals surface area contributed by atoms with Crippen molar-refractivity contribution in [1.82, 2.24) is 4.98 Å². The Morgan fingerprint density at radius 3 is 2.69 bits per heavy atom. The van der Waals surface area contributed by atoms with Crippen LogP contribution in [0.2, 0.25) is 0 Å². The number of para-hydroxylation sites is 2. The number of ketones is 1. The summed E-state index contributed by atoms with van der Waals surface area (Å²) < 4.78 is 44.3. The molecule has 152 valence electrons. The molecule has 0 atom stereocenters. The molecule has 0 aliphatic carbocycles. The van der Waals surface area contributed by atoms with E-state index in [1.54, 1.807) is 12.1 Å². The fourth-order valence-corrected chi connectivity index (χ4v) is 2.98. The SMILES string of the molecule is COc1cc(C(=O)COC(=O)CSc2nc3ccccc3o2)ccc1OC(F)F. The summed E-state index contributed by atoms with van der Waals surface area (Å²) in [5.41, 5.74) is 1.40. The Labute approximate surface area is 167 Å². The fraction of sp³-hybridized carbons (Fsp3) is 0.211. The maximum absolute atomic E-state index is 12.3. The van der Waals surface area contributed by atoms with Crippen molar-refractivity contribution in [3.8, 4) is 11.5 Å². The normalized spacial score (nSPS) is 10.9. The summed E-state index contributed by atoms with van der Waals surface area (Å²) in [5, 5.41) is 0.314. The number of alkyl halides is 2. The molecule has 10 heteroatoms. The number of rotatable bonds is 9. The highest BCUT2D eigenvalue weighted by atomic mass is 32.2. The Bertz CT molecular complexity index is 990. The number of methoxy groups -OCH3 is 1. The zero-order valence-corrected chi connectivity index (χ0v) is 15.9. The molecule has 0 fully saturated rings. The minimum atomic E-state index is -3.02. The molecule has 0 unspecified atom stereocenters. The number of carbonyl (C=O) groups is 2. The lowest BCUT2D eigenvalue weighted by Gasteiger charge is -2.11. The van der Waals surface area contributed by atoms with E-state index in [0.29, 0.717) is 16.3 Å². The molecule has 3 rings (SSSR count). The van der Waals surface area contributed by atoms with Crippen molar-refractivity contribution in [3.05, 3.63) is 48.0 Å². The van der Waals surface area contributed by atoms with E-state index in [4.69, 9.17) is 13.9 Å². The molecule has 0 saturated heterocycles. The number of carbonyl (C=O) groups excluding carboxylic acids is 2. The van der Waals surface area contributed by atoms with Gasteiger partial charge in [-0.3, -0.25) is 9.59 Å². The van der Waals surface area contributed by atoms with Gasteiger partial charge in [0.1, 0.15) is 11.3 Å². The second kappa shape index (κ2) is 9.37. The highest BCUT2D eigenvalue weighted by molar-refractivity contribution is 7.99. The largest absolute Gasteiger partial charge is 0.493 e. The molecule has 0 bridgehead atoms. The summed E-state index contributed by atoms with van der Waals surface area (Å²) in [7, 11) is 1.26. The topological polar surface area (TPSA) is 87.9 Å². The molecule has 0 radical (unpaired) electrons. The summed E-state index contributed by atoms with van der Waals surface area (Å²) in [5.74, 6) is -1.48. The van der Waals surface area contributed by atoms with Crippen LogP contribution in [0.3, 0.4) is 0 Å². The van der Waals surface area contributed by atoms with Gasteiger partial charge in [0.15, 0.2) is 29.5 Å². The average Bonchev–Trinajstić information content (AvgIpc) is 3.13. The number of fused-ring (bicyclic) bond motifs is 1. The lowest BCUT2D eigenvalue weighted by molar-refractivity contribution is -0.139. The molecule has 0 N–H and O–H groups in total. The summed E-state index contributed by atoms with van der Waals surface area (Å²) in [6.07, 6.45) is 0. The number of Topliss-reactive ketones (excluding diaryl/α,β-unsaturated/α-hetero) is 1. The van der Waals surface area contributed by atoms with Gasteiger partial charge in [-0.05, 0) is 30.3 Å². The van der Waals surface area contributed by atoms with Crippen molar-refractivity contribution in [3.63, 3.8) is 0 Å². The first-order valence-electron chi connectivity index (χ1n) is 8.26. The van der Waals surface area contributed by atoms with Crippen LogP contribution in [-0.4, -0.2) is 42.8 Å². The molecule has 0 spiro atoms. The minimum Gasteiger partial charge on any atom is -0.493 e. The lowest BCUT2D eigenvalue weighted by Crippen LogP contribution is -2.15. The van der Waals surface area contributed by atoms with Crippen LogP contribution in [0.1, 0.15) is 10.4 Å².